The molecule has 0 saturated heterocycles. The maximum absolute atomic E-state index is 3.65. The van der Waals surface area contributed by atoms with E-state index < -0.39 is 0 Å². The Bertz CT molecular complexity index is 203. The third-order valence-corrected chi connectivity index (χ3v) is 4.47. The normalized spacial score (nSPS) is 31.6. The second kappa shape index (κ2) is 6.75. The fourth-order valence-corrected chi connectivity index (χ4v) is 3.44. The summed E-state index contributed by atoms with van der Waals surface area (Å²) in [6, 6.07) is 0. The van der Waals surface area contributed by atoms with E-state index in [4.69, 9.17) is 0 Å². The zero-order valence-corrected chi connectivity index (χ0v) is 11.7. The summed E-state index contributed by atoms with van der Waals surface area (Å²) in [6.45, 7) is 9.34. The van der Waals surface area contributed by atoms with Crippen LogP contribution in [-0.2, 0) is 0 Å². The highest BCUT2D eigenvalue weighted by Gasteiger charge is 2.49. The molecule has 2 fully saturated rings. The van der Waals surface area contributed by atoms with Crippen LogP contribution in [0.5, 0.6) is 0 Å². The summed E-state index contributed by atoms with van der Waals surface area (Å²) in [6.07, 6.45) is 7.31. The highest BCUT2D eigenvalue weighted by molar-refractivity contribution is 4.99. The average molecular weight is 238 g/mol. The lowest BCUT2D eigenvalue weighted by molar-refractivity contribution is 0.480. The SMILES string of the molecule is CC(C)CNCCCNCC1C2CCCCC21. The van der Waals surface area contributed by atoms with Crippen molar-refractivity contribution in [2.75, 3.05) is 26.2 Å². The standard InChI is InChI=1S/C15H30N2/c1-12(2)10-16-8-5-9-17-11-15-13-6-3-4-7-14(13)15/h12-17H,3-11H2,1-2H3. The topological polar surface area (TPSA) is 24.1 Å². The molecule has 0 aliphatic heterocycles. The van der Waals surface area contributed by atoms with Crippen LogP contribution in [0.3, 0.4) is 0 Å². The van der Waals surface area contributed by atoms with Crippen LogP contribution in [0.4, 0.5) is 0 Å². The molecule has 0 aromatic carbocycles. The van der Waals surface area contributed by atoms with E-state index in [9.17, 15) is 0 Å². The quantitative estimate of drug-likeness (QED) is 0.635. The third kappa shape index (κ3) is 4.26. The number of fused-ring (bicyclic) bond motifs is 1. The van der Waals surface area contributed by atoms with Gasteiger partial charge in [0.15, 0.2) is 0 Å². The van der Waals surface area contributed by atoms with Gasteiger partial charge >= 0.3 is 0 Å². The summed E-state index contributed by atoms with van der Waals surface area (Å²) in [5.74, 6) is 4.03. The molecule has 2 heteroatoms. The van der Waals surface area contributed by atoms with Gasteiger partial charge < -0.3 is 10.6 Å². The Morgan fingerprint density at radius 1 is 1.00 bits per heavy atom. The molecule has 0 bridgehead atoms. The second-order valence-corrected chi connectivity index (χ2v) is 6.43. The fraction of sp³-hybridized carbons (Fsp3) is 1.00. The van der Waals surface area contributed by atoms with Crippen LogP contribution >= 0.6 is 0 Å². The highest BCUT2D eigenvalue weighted by atomic mass is 14.9. The van der Waals surface area contributed by atoms with Crippen LogP contribution in [0.1, 0.15) is 46.0 Å². The minimum Gasteiger partial charge on any atom is -0.316 e. The second-order valence-electron chi connectivity index (χ2n) is 6.43. The first kappa shape index (κ1) is 13.4. The molecule has 0 spiro atoms. The minimum absolute atomic E-state index is 0.776. The van der Waals surface area contributed by atoms with Gasteiger partial charge in [-0.1, -0.05) is 26.7 Å². The maximum Gasteiger partial charge on any atom is -0.00150 e. The van der Waals surface area contributed by atoms with Crippen LogP contribution in [0.15, 0.2) is 0 Å². The Labute approximate surface area is 107 Å². The molecular formula is C15H30N2. The van der Waals surface area contributed by atoms with Gasteiger partial charge in [0.05, 0.1) is 0 Å². The van der Waals surface area contributed by atoms with Crippen molar-refractivity contribution in [3.05, 3.63) is 0 Å². The summed E-state index contributed by atoms with van der Waals surface area (Å²) in [4.78, 5) is 0. The molecule has 2 saturated carbocycles. The summed E-state index contributed by atoms with van der Waals surface area (Å²) < 4.78 is 0. The van der Waals surface area contributed by atoms with Gasteiger partial charge in [-0.05, 0) is 69.1 Å². The maximum atomic E-state index is 3.65. The minimum atomic E-state index is 0.776. The Morgan fingerprint density at radius 2 is 1.65 bits per heavy atom. The van der Waals surface area contributed by atoms with Crippen molar-refractivity contribution >= 4 is 0 Å². The highest BCUT2D eigenvalue weighted by Crippen LogP contribution is 2.54. The van der Waals surface area contributed by atoms with Crippen LogP contribution in [0, 0.1) is 23.7 Å². The lowest BCUT2D eigenvalue weighted by Crippen LogP contribution is -2.26. The Kier molecular flexibility index (Phi) is 5.30. The Balaban J connectivity index is 1.40. The average Bonchev–Trinajstić information content (AvgIpc) is 3.01. The first-order valence-electron chi connectivity index (χ1n) is 7.70. The number of nitrogens with one attached hydrogen (secondary N) is 2. The smallest absolute Gasteiger partial charge is 0.00150 e. The van der Waals surface area contributed by atoms with Gasteiger partial charge in [0.2, 0.25) is 0 Å². The van der Waals surface area contributed by atoms with Gasteiger partial charge in [-0.2, -0.15) is 0 Å². The molecule has 2 atom stereocenters. The van der Waals surface area contributed by atoms with Crippen molar-refractivity contribution in [1.82, 2.24) is 10.6 Å². The van der Waals surface area contributed by atoms with Crippen LogP contribution in [0.2, 0.25) is 0 Å². The van der Waals surface area contributed by atoms with Gasteiger partial charge in [0, 0.05) is 0 Å². The first-order valence-corrected chi connectivity index (χ1v) is 7.70. The molecule has 0 radical (unpaired) electrons. The van der Waals surface area contributed by atoms with Gasteiger partial charge in [0.25, 0.3) is 0 Å². The summed E-state index contributed by atoms with van der Waals surface area (Å²) >= 11 is 0. The fourth-order valence-electron chi connectivity index (χ4n) is 3.44. The lowest BCUT2D eigenvalue weighted by atomic mass is 10.0. The zero-order valence-electron chi connectivity index (χ0n) is 11.7. The predicted molar refractivity (Wildman–Crippen MR) is 74.1 cm³/mol. The van der Waals surface area contributed by atoms with Crippen molar-refractivity contribution < 1.29 is 0 Å². The van der Waals surface area contributed by atoms with E-state index in [1.807, 2.05) is 0 Å². The van der Waals surface area contributed by atoms with Crippen LogP contribution in [0.25, 0.3) is 0 Å². The van der Waals surface area contributed by atoms with Crippen LogP contribution in [-0.4, -0.2) is 26.2 Å². The predicted octanol–water partition coefficient (Wildman–Crippen LogP) is 2.65. The molecular weight excluding hydrogens is 208 g/mol. The number of hydrogen-bond acceptors (Lipinski definition) is 2. The molecule has 17 heavy (non-hydrogen) atoms. The molecule has 2 unspecified atom stereocenters. The van der Waals surface area contributed by atoms with Gasteiger partial charge in [0.1, 0.15) is 0 Å². The van der Waals surface area contributed by atoms with E-state index in [2.05, 4.69) is 24.5 Å². The summed E-state index contributed by atoms with van der Waals surface area (Å²) in [5.41, 5.74) is 0. The molecule has 0 aromatic heterocycles. The monoisotopic (exact) mass is 238 g/mol. The van der Waals surface area contributed by atoms with Crippen molar-refractivity contribution in [3.8, 4) is 0 Å². The van der Waals surface area contributed by atoms with Gasteiger partial charge in [-0.3, -0.25) is 0 Å². The molecule has 2 N–H and O–H groups in total. The van der Waals surface area contributed by atoms with Gasteiger partial charge in [-0.25, -0.2) is 0 Å². The van der Waals surface area contributed by atoms with Gasteiger partial charge in [-0.15, -0.1) is 0 Å². The van der Waals surface area contributed by atoms with E-state index in [0.29, 0.717) is 0 Å². The van der Waals surface area contributed by atoms with Crippen LogP contribution < -0.4 is 10.6 Å². The molecule has 0 amide bonds. The summed E-state index contributed by atoms with van der Waals surface area (Å²) in [5, 5.41) is 7.15. The molecule has 2 nitrogen and oxygen atoms in total. The van der Waals surface area contributed by atoms with Crippen molar-refractivity contribution in [3.63, 3.8) is 0 Å². The molecule has 0 aromatic rings. The zero-order chi connectivity index (χ0) is 12.1. The van der Waals surface area contributed by atoms with E-state index in [1.165, 1.54) is 51.7 Å². The first-order chi connectivity index (χ1) is 8.29. The van der Waals surface area contributed by atoms with E-state index in [1.54, 1.807) is 0 Å². The third-order valence-electron chi connectivity index (χ3n) is 4.47. The van der Waals surface area contributed by atoms with Crippen molar-refractivity contribution in [2.45, 2.75) is 46.0 Å². The van der Waals surface area contributed by atoms with E-state index in [0.717, 1.165) is 30.2 Å². The molecule has 2 aliphatic rings. The molecule has 2 aliphatic carbocycles. The van der Waals surface area contributed by atoms with E-state index >= 15 is 0 Å². The Hall–Kier alpha value is -0.0800. The molecule has 2 rings (SSSR count). The molecule has 0 heterocycles. The number of hydrogen-bond donors (Lipinski definition) is 2. The van der Waals surface area contributed by atoms with E-state index in [-0.39, 0.29) is 0 Å². The molecule has 100 valence electrons. The largest absolute Gasteiger partial charge is 0.316 e. The summed E-state index contributed by atoms with van der Waals surface area (Å²) in [7, 11) is 0. The number of rotatable bonds is 8. The van der Waals surface area contributed by atoms with Crippen molar-refractivity contribution in [2.24, 2.45) is 23.7 Å². The Morgan fingerprint density at radius 3 is 2.29 bits per heavy atom. The van der Waals surface area contributed by atoms with Crippen molar-refractivity contribution in [1.29, 1.82) is 0 Å². The lowest BCUT2D eigenvalue weighted by Gasteiger charge is -2.08.